The number of nitrogens with one attached hydrogen (secondary N) is 1. The fraction of sp³-hybridized carbons (Fsp3) is 0.400. The van der Waals surface area contributed by atoms with Crippen molar-refractivity contribution in [1.29, 1.82) is 0 Å². The summed E-state index contributed by atoms with van der Waals surface area (Å²) in [7, 11) is 1.58. The van der Waals surface area contributed by atoms with Crippen molar-refractivity contribution < 1.29 is 19.1 Å². The Bertz CT molecular complexity index is 1010. The van der Waals surface area contributed by atoms with Gasteiger partial charge in [0.2, 0.25) is 11.8 Å². The van der Waals surface area contributed by atoms with Crippen LogP contribution < -0.4 is 10.1 Å². The van der Waals surface area contributed by atoms with Gasteiger partial charge in [-0.25, -0.2) is 0 Å². The average molecular weight is 436 g/mol. The summed E-state index contributed by atoms with van der Waals surface area (Å²) < 4.78 is 5.20. The summed E-state index contributed by atoms with van der Waals surface area (Å²) in [5, 5.41) is 2.88. The number of methoxy groups -OCH3 is 1. The van der Waals surface area contributed by atoms with Crippen LogP contribution in [0.3, 0.4) is 0 Å². The van der Waals surface area contributed by atoms with Gasteiger partial charge in [-0.15, -0.1) is 0 Å². The van der Waals surface area contributed by atoms with E-state index in [1.807, 2.05) is 23.1 Å². The number of hydrogen-bond acceptors (Lipinski definition) is 4. The number of amides is 3. The number of likely N-dealkylation sites (tertiary alicyclic amines) is 1. The first-order chi connectivity index (χ1) is 15.5. The van der Waals surface area contributed by atoms with Crippen LogP contribution in [0.15, 0.2) is 42.5 Å². The van der Waals surface area contributed by atoms with Gasteiger partial charge in [0.05, 0.1) is 7.11 Å². The maximum absolute atomic E-state index is 13.5. The zero-order valence-electron chi connectivity index (χ0n) is 18.6. The van der Waals surface area contributed by atoms with Gasteiger partial charge in [-0.05, 0) is 60.4 Å². The van der Waals surface area contributed by atoms with Gasteiger partial charge in [0.1, 0.15) is 11.8 Å². The molecule has 2 aliphatic heterocycles. The molecule has 7 nitrogen and oxygen atoms in total. The quantitative estimate of drug-likeness (QED) is 0.782. The van der Waals surface area contributed by atoms with Crippen molar-refractivity contribution in [2.24, 2.45) is 0 Å². The van der Waals surface area contributed by atoms with Crippen LogP contribution in [-0.4, -0.2) is 53.8 Å². The Morgan fingerprint density at radius 3 is 2.41 bits per heavy atom. The van der Waals surface area contributed by atoms with E-state index in [1.165, 1.54) is 0 Å². The molecule has 168 valence electrons. The van der Waals surface area contributed by atoms with E-state index in [4.69, 9.17) is 4.74 Å². The zero-order chi connectivity index (χ0) is 22.7. The number of anilines is 1. The molecule has 7 heteroatoms. The van der Waals surface area contributed by atoms with Crippen molar-refractivity contribution in [3.05, 3.63) is 59.2 Å². The van der Waals surface area contributed by atoms with Crippen molar-refractivity contribution in [2.75, 3.05) is 25.5 Å². The van der Waals surface area contributed by atoms with Crippen LogP contribution >= 0.6 is 0 Å². The number of carbonyl (C=O) groups is 3. The highest BCUT2D eigenvalue weighted by molar-refractivity contribution is 5.98. The Morgan fingerprint density at radius 2 is 1.75 bits per heavy atom. The molecule has 3 amide bonds. The van der Waals surface area contributed by atoms with E-state index < -0.39 is 6.04 Å². The van der Waals surface area contributed by atoms with Gasteiger partial charge in [0, 0.05) is 43.7 Å². The average Bonchev–Trinajstić information content (AvgIpc) is 3.37. The topological polar surface area (TPSA) is 79.0 Å². The maximum Gasteiger partial charge on any atom is 0.254 e. The number of nitrogens with zero attached hydrogens (tertiary/aromatic N) is 2. The van der Waals surface area contributed by atoms with Crippen LogP contribution in [0.5, 0.6) is 5.75 Å². The first-order valence-corrected chi connectivity index (χ1v) is 11.2. The summed E-state index contributed by atoms with van der Waals surface area (Å²) in [5.41, 5.74) is 3.21. The van der Waals surface area contributed by atoms with Crippen molar-refractivity contribution in [2.45, 2.75) is 45.2 Å². The molecule has 4 rings (SSSR count). The predicted molar refractivity (Wildman–Crippen MR) is 122 cm³/mol. The van der Waals surface area contributed by atoms with Gasteiger partial charge >= 0.3 is 0 Å². The normalized spacial score (nSPS) is 17.6. The van der Waals surface area contributed by atoms with E-state index in [0.717, 1.165) is 37.1 Å². The summed E-state index contributed by atoms with van der Waals surface area (Å²) in [6, 6.07) is 12.2. The van der Waals surface area contributed by atoms with Gasteiger partial charge in [0.25, 0.3) is 5.91 Å². The Labute approximate surface area is 188 Å². The summed E-state index contributed by atoms with van der Waals surface area (Å²) in [6.45, 7) is 3.61. The molecule has 0 spiro atoms. The second-order valence-electron chi connectivity index (χ2n) is 8.30. The third-order valence-electron chi connectivity index (χ3n) is 6.24. The lowest BCUT2D eigenvalue weighted by Crippen LogP contribution is -2.53. The Balaban J connectivity index is 1.65. The molecule has 1 N–H and O–H groups in total. The lowest BCUT2D eigenvalue weighted by molar-refractivity contribution is -0.135. The highest BCUT2D eigenvalue weighted by atomic mass is 16.5. The van der Waals surface area contributed by atoms with Crippen LogP contribution in [-0.2, 0) is 22.6 Å². The minimum atomic E-state index is -0.536. The minimum absolute atomic E-state index is 0.0124. The first-order valence-electron chi connectivity index (χ1n) is 11.2. The molecule has 1 atom stereocenters. The highest BCUT2D eigenvalue weighted by Gasteiger charge is 2.38. The van der Waals surface area contributed by atoms with Crippen molar-refractivity contribution >= 4 is 23.4 Å². The number of hydrogen-bond donors (Lipinski definition) is 1. The van der Waals surface area contributed by atoms with Crippen LogP contribution in [0.25, 0.3) is 0 Å². The second kappa shape index (κ2) is 9.42. The molecule has 1 unspecified atom stereocenters. The molecule has 2 aromatic carbocycles. The number of carbonyl (C=O) groups excluding carboxylic acids is 3. The molecule has 0 aromatic heterocycles. The molecular formula is C25H29N3O4. The lowest BCUT2D eigenvalue weighted by Gasteiger charge is -2.38. The van der Waals surface area contributed by atoms with Crippen molar-refractivity contribution in [3.63, 3.8) is 0 Å². The third-order valence-corrected chi connectivity index (χ3v) is 6.24. The fourth-order valence-corrected chi connectivity index (χ4v) is 4.39. The van der Waals surface area contributed by atoms with E-state index in [1.54, 1.807) is 43.2 Å². The van der Waals surface area contributed by atoms with Gasteiger partial charge < -0.3 is 19.9 Å². The maximum atomic E-state index is 13.5. The Hall–Kier alpha value is -3.35. The van der Waals surface area contributed by atoms with Gasteiger partial charge in [-0.2, -0.15) is 0 Å². The Morgan fingerprint density at radius 1 is 1.03 bits per heavy atom. The van der Waals surface area contributed by atoms with Crippen molar-refractivity contribution in [3.8, 4) is 5.75 Å². The second-order valence-corrected chi connectivity index (χ2v) is 8.30. The third kappa shape index (κ3) is 4.47. The van der Waals surface area contributed by atoms with Gasteiger partial charge in [-0.3, -0.25) is 14.4 Å². The number of rotatable bonds is 5. The van der Waals surface area contributed by atoms with Gasteiger partial charge in [-0.1, -0.05) is 13.0 Å². The van der Waals surface area contributed by atoms with Crippen LogP contribution in [0.4, 0.5) is 5.69 Å². The Kier molecular flexibility index (Phi) is 6.44. The molecule has 1 saturated heterocycles. The van der Waals surface area contributed by atoms with E-state index in [2.05, 4.69) is 5.32 Å². The predicted octanol–water partition coefficient (Wildman–Crippen LogP) is 3.23. The molecule has 1 fully saturated rings. The highest BCUT2D eigenvalue weighted by Crippen LogP contribution is 2.29. The summed E-state index contributed by atoms with van der Waals surface area (Å²) in [5.74, 6) is 0.442. The lowest BCUT2D eigenvalue weighted by atomic mass is 9.92. The first kappa shape index (κ1) is 21.9. The van der Waals surface area contributed by atoms with E-state index >= 15 is 0 Å². The molecule has 2 aliphatic rings. The SMILES string of the molecule is CCC(=O)Nc1ccc2c(c1)CN(C(=O)c1ccc(OC)cc1)C(C(=O)N1CCCC1)C2. The zero-order valence-corrected chi connectivity index (χ0v) is 18.6. The van der Waals surface area contributed by atoms with E-state index in [9.17, 15) is 14.4 Å². The molecule has 2 aromatic rings. The summed E-state index contributed by atoms with van der Waals surface area (Å²) >= 11 is 0. The number of benzene rings is 2. The van der Waals surface area contributed by atoms with Crippen LogP contribution in [0.2, 0.25) is 0 Å². The fourth-order valence-electron chi connectivity index (χ4n) is 4.39. The standard InChI is InChI=1S/C25H29N3O4/c1-3-23(29)26-20-9-6-18-15-22(25(31)27-12-4-5-13-27)28(16-19(18)14-20)24(30)17-7-10-21(32-2)11-8-17/h6-11,14,22H,3-5,12-13,15-16H2,1-2H3,(H,26,29). The molecule has 0 saturated carbocycles. The molecule has 0 bridgehead atoms. The summed E-state index contributed by atoms with van der Waals surface area (Å²) in [4.78, 5) is 42.2. The number of ether oxygens (including phenoxy) is 1. The summed E-state index contributed by atoms with van der Waals surface area (Å²) in [6.07, 6.45) is 2.87. The molecule has 0 radical (unpaired) electrons. The van der Waals surface area contributed by atoms with E-state index in [-0.39, 0.29) is 17.7 Å². The van der Waals surface area contributed by atoms with Gasteiger partial charge in [0.15, 0.2) is 0 Å². The smallest absolute Gasteiger partial charge is 0.254 e. The largest absolute Gasteiger partial charge is 0.497 e. The van der Waals surface area contributed by atoms with E-state index in [0.29, 0.717) is 36.4 Å². The minimum Gasteiger partial charge on any atom is -0.497 e. The number of fused-ring (bicyclic) bond motifs is 1. The van der Waals surface area contributed by atoms with Crippen LogP contribution in [0, 0.1) is 0 Å². The van der Waals surface area contributed by atoms with Crippen molar-refractivity contribution in [1.82, 2.24) is 9.80 Å². The molecule has 32 heavy (non-hydrogen) atoms. The van der Waals surface area contributed by atoms with Crippen LogP contribution in [0.1, 0.15) is 47.7 Å². The molecule has 0 aliphatic carbocycles. The molecular weight excluding hydrogens is 406 g/mol. The monoisotopic (exact) mass is 435 g/mol. The molecule has 2 heterocycles.